The molecule has 1 fully saturated rings. The van der Waals surface area contributed by atoms with Crippen molar-refractivity contribution >= 4 is 11.9 Å². The van der Waals surface area contributed by atoms with Gasteiger partial charge < -0.3 is 16.2 Å². The number of aliphatic carboxylic acids is 1. The summed E-state index contributed by atoms with van der Waals surface area (Å²) in [7, 11) is 0. The number of nitrogens with two attached hydrogens (primary N) is 1. The fourth-order valence-electron chi connectivity index (χ4n) is 2.41. The van der Waals surface area contributed by atoms with Crippen LogP contribution >= 0.6 is 0 Å². The number of hydrogen-bond donors (Lipinski definition) is 3. The number of rotatable bonds is 6. The van der Waals surface area contributed by atoms with Gasteiger partial charge in [0.1, 0.15) is 0 Å². The first-order valence-corrected chi connectivity index (χ1v) is 6.88. The first-order chi connectivity index (χ1) is 9.57. The third-order valence-corrected chi connectivity index (χ3v) is 4.00. The molecule has 0 bridgehead atoms. The highest BCUT2D eigenvalue weighted by molar-refractivity contribution is 5.94. The van der Waals surface area contributed by atoms with E-state index in [0.717, 1.165) is 18.4 Å². The Hall–Kier alpha value is -1.88. The molecule has 0 atom stereocenters. The van der Waals surface area contributed by atoms with E-state index in [1.807, 2.05) is 12.1 Å². The molecular weight excluding hydrogens is 256 g/mol. The summed E-state index contributed by atoms with van der Waals surface area (Å²) >= 11 is 0. The van der Waals surface area contributed by atoms with Gasteiger partial charge in [-0.2, -0.15) is 0 Å². The normalized spacial score (nSPS) is 16.2. The largest absolute Gasteiger partial charge is 0.481 e. The molecule has 0 radical (unpaired) electrons. The number of carbonyl (C=O) groups is 2. The fraction of sp³-hybridized carbons (Fsp3) is 0.467. The molecule has 1 aromatic rings. The summed E-state index contributed by atoms with van der Waals surface area (Å²) in [6, 6.07) is 7.24. The highest BCUT2D eigenvalue weighted by atomic mass is 16.4. The van der Waals surface area contributed by atoms with Gasteiger partial charge in [0.25, 0.3) is 5.91 Å². The third kappa shape index (κ3) is 2.99. The predicted molar refractivity (Wildman–Crippen MR) is 75.5 cm³/mol. The van der Waals surface area contributed by atoms with Gasteiger partial charge in [-0.1, -0.05) is 18.6 Å². The van der Waals surface area contributed by atoms with Crippen LogP contribution in [0.2, 0.25) is 0 Å². The Morgan fingerprint density at radius 3 is 2.35 bits per heavy atom. The van der Waals surface area contributed by atoms with E-state index in [0.29, 0.717) is 24.9 Å². The lowest BCUT2D eigenvalue weighted by Gasteiger charge is -2.37. The Labute approximate surface area is 118 Å². The number of carboxylic acid groups (broad SMARTS) is 1. The van der Waals surface area contributed by atoms with Gasteiger partial charge in [-0.3, -0.25) is 9.59 Å². The molecule has 1 aliphatic rings. The van der Waals surface area contributed by atoms with Gasteiger partial charge in [0.2, 0.25) is 0 Å². The van der Waals surface area contributed by atoms with Crippen LogP contribution in [0.4, 0.5) is 0 Å². The van der Waals surface area contributed by atoms with E-state index >= 15 is 0 Å². The molecule has 0 aliphatic heterocycles. The second-order valence-electron chi connectivity index (χ2n) is 5.36. The highest BCUT2D eigenvalue weighted by Crippen LogP contribution is 2.40. The maximum atomic E-state index is 12.0. The van der Waals surface area contributed by atoms with E-state index in [1.54, 1.807) is 12.1 Å². The van der Waals surface area contributed by atoms with Crippen molar-refractivity contribution in [3.8, 4) is 0 Å². The lowest BCUT2D eigenvalue weighted by atomic mass is 9.69. The van der Waals surface area contributed by atoms with Crippen molar-refractivity contribution in [3.63, 3.8) is 0 Å². The molecule has 0 saturated heterocycles. The topological polar surface area (TPSA) is 92.4 Å². The Morgan fingerprint density at radius 2 is 1.90 bits per heavy atom. The zero-order chi connectivity index (χ0) is 14.6. The third-order valence-electron chi connectivity index (χ3n) is 4.00. The van der Waals surface area contributed by atoms with Crippen LogP contribution in [0.1, 0.15) is 35.2 Å². The second kappa shape index (κ2) is 6.05. The Morgan fingerprint density at radius 1 is 1.25 bits per heavy atom. The van der Waals surface area contributed by atoms with Crippen molar-refractivity contribution < 1.29 is 14.7 Å². The average Bonchev–Trinajstić information content (AvgIpc) is 2.38. The lowest BCUT2D eigenvalue weighted by molar-refractivity contribution is -0.153. The van der Waals surface area contributed by atoms with Crippen LogP contribution < -0.4 is 11.1 Å². The van der Waals surface area contributed by atoms with Crippen molar-refractivity contribution in [1.29, 1.82) is 0 Å². The fourth-order valence-corrected chi connectivity index (χ4v) is 2.41. The van der Waals surface area contributed by atoms with E-state index in [-0.39, 0.29) is 12.5 Å². The van der Waals surface area contributed by atoms with Gasteiger partial charge in [0, 0.05) is 12.1 Å². The molecule has 0 heterocycles. The number of benzene rings is 1. The summed E-state index contributed by atoms with van der Waals surface area (Å²) in [6.45, 7) is 0.776. The predicted octanol–water partition coefficient (Wildman–Crippen LogP) is 1.17. The van der Waals surface area contributed by atoms with Crippen molar-refractivity contribution in [3.05, 3.63) is 35.4 Å². The zero-order valence-corrected chi connectivity index (χ0v) is 11.4. The molecular formula is C15H20N2O3. The summed E-state index contributed by atoms with van der Waals surface area (Å²) in [5.74, 6) is -1.04. The second-order valence-corrected chi connectivity index (χ2v) is 5.36. The number of carbonyl (C=O) groups excluding carboxylic acids is 1. The molecule has 4 N–H and O–H groups in total. The summed E-state index contributed by atoms with van der Waals surface area (Å²) in [6.07, 6.45) is 2.97. The van der Waals surface area contributed by atoms with E-state index in [2.05, 4.69) is 5.32 Å². The van der Waals surface area contributed by atoms with Crippen LogP contribution in [0.5, 0.6) is 0 Å². The van der Waals surface area contributed by atoms with Gasteiger partial charge in [-0.25, -0.2) is 0 Å². The maximum Gasteiger partial charge on any atom is 0.311 e. The molecule has 0 spiro atoms. The van der Waals surface area contributed by atoms with Gasteiger partial charge >= 0.3 is 5.97 Å². The van der Waals surface area contributed by atoms with Crippen molar-refractivity contribution in [2.24, 2.45) is 11.1 Å². The summed E-state index contributed by atoms with van der Waals surface area (Å²) in [5, 5.41) is 11.9. The van der Waals surface area contributed by atoms with E-state index in [4.69, 9.17) is 5.73 Å². The first-order valence-electron chi connectivity index (χ1n) is 6.88. The van der Waals surface area contributed by atoms with Crippen LogP contribution in [-0.2, 0) is 11.2 Å². The molecule has 1 saturated carbocycles. The van der Waals surface area contributed by atoms with Crippen LogP contribution in [-0.4, -0.2) is 30.1 Å². The monoisotopic (exact) mass is 276 g/mol. The minimum atomic E-state index is -0.817. The van der Waals surface area contributed by atoms with E-state index in [9.17, 15) is 14.7 Å². The minimum Gasteiger partial charge on any atom is -0.481 e. The van der Waals surface area contributed by atoms with Crippen molar-refractivity contribution in [2.45, 2.75) is 25.7 Å². The number of amides is 1. The van der Waals surface area contributed by atoms with E-state index in [1.165, 1.54) is 0 Å². The molecule has 1 aromatic carbocycles. The van der Waals surface area contributed by atoms with Gasteiger partial charge in [0.05, 0.1) is 5.41 Å². The van der Waals surface area contributed by atoms with Crippen molar-refractivity contribution in [2.75, 3.05) is 13.1 Å². The van der Waals surface area contributed by atoms with Gasteiger partial charge in [-0.15, -0.1) is 0 Å². The molecule has 0 aromatic heterocycles. The highest BCUT2D eigenvalue weighted by Gasteiger charge is 2.44. The quantitative estimate of drug-likeness (QED) is 0.727. The SMILES string of the molecule is NCCc1ccc(C(=O)NCC2(C(=O)O)CCC2)cc1. The Kier molecular flexibility index (Phi) is 4.39. The van der Waals surface area contributed by atoms with Crippen LogP contribution in [0.3, 0.4) is 0 Å². The average molecular weight is 276 g/mol. The van der Waals surface area contributed by atoms with Crippen LogP contribution in [0.25, 0.3) is 0 Å². The molecule has 20 heavy (non-hydrogen) atoms. The molecule has 5 nitrogen and oxygen atoms in total. The minimum absolute atomic E-state index is 0.200. The molecule has 0 unspecified atom stereocenters. The summed E-state index contributed by atoms with van der Waals surface area (Å²) in [5.41, 5.74) is 6.35. The number of hydrogen-bond acceptors (Lipinski definition) is 3. The first kappa shape index (κ1) is 14.5. The number of carboxylic acids is 1. The smallest absolute Gasteiger partial charge is 0.311 e. The van der Waals surface area contributed by atoms with Crippen LogP contribution in [0.15, 0.2) is 24.3 Å². The molecule has 1 aliphatic carbocycles. The van der Waals surface area contributed by atoms with Gasteiger partial charge in [-0.05, 0) is 43.5 Å². The molecule has 108 valence electrons. The summed E-state index contributed by atoms with van der Waals surface area (Å²) < 4.78 is 0. The lowest BCUT2D eigenvalue weighted by Crippen LogP contribution is -2.47. The molecule has 5 heteroatoms. The van der Waals surface area contributed by atoms with E-state index < -0.39 is 11.4 Å². The standard InChI is InChI=1S/C15H20N2O3/c16-9-6-11-2-4-12(5-3-11)13(18)17-10-15(14(19)20)7-1-8-15/h2-5H,1,6-10,16H2,(H,17,18)(H,19,20). The molecule has 2 rings (SSSR count). The molecule has 1 amide bonds. The number of nitrogens with one attached hydrogen (secondary N) is 1. The maximum absolute atomic E-state index is 12.0. The Bertz CT molecular complexity index is 492. The zero-order valence-electron chi connectivity index (χ0n) is 11.4. The Balaban J connectivity index is 1.93. The summed E-state index contributed by atoms with van der Waals surface area (Å²) in [4.78, 5) is 23.2. The van der Waals surface area contributed by atoms with Crippen LogP contribution in [0, 0.1) is 5.41 Å². The van der Waals surface area contributed by atoms with Crippen molar-refractivity contribution in [1.82, 2.24) is 5.32 Å². The van der Waals surface area contributed by atoms with Gasteiger partial charge in [0.15, 0.2) is 0 Å².